The summed E-state index contributed by atoms with van der Waals surface area (Å²) in [5.41, 5.74) is 0. The van der Waals surface area contributed by atoms with Crippen LogP contribution in [-0.2, 0) is 18.9 Å². The summed E-state index contributed by atoms with van der Waals surface area (Å²) in [7, 11) is -2.72. The highest BCUT2D eigenvalue weighted by Crippen LogP contribution is 2.02. The second-order valence-corrected chi connectivity index (χ2v) is 7.18. The molecule has 0 saturated carbocycles. The standard InChI is InChI=1S/C3H7ClO4S2/c1-2-9(5,6)3-10(4,7)8/h2-3H2,1H3. The molecule has 0 aliphatic heterocycles. The largest absolute Gasteiger partial charge is 0.246 e. The van der Waals surface area contributed by atoms with E-state index in [2.05, 4.69) is 10.7 Å². The number of hydrogen-bond donors (Lipinski definition) is 0. The van der Waals surface area contributed by atoms with Crippen molar-refractivity contribution in [3.05, 3.63) is 0 Å². The fraction of sp³-hybridized carbons (Fsp3) is 1.00. The van der Waals surface area contributed by atoms with Crippen LogP contribution in [0.1, 0.15) is 6.92 Å². The number of hydrogen-bond acceptors (Lipinski definition) is 4. The predicted molar refractivity (Wildman–Crippen MR) is 39.1 cm³/mol. The molecule has 0 bridgehead atoms. The molecule has 0 N–H and O–H groups in total. The molecular formula is C3H7ClO4S2. The van der Waals surface area contributed by atoms with Crippen molar-refractivity contribution in [3.63, 3.8) is 0 Å². The van der Waals surface area contributed by atoms with E-state index in [1.165, 1.54) is 6.92 Å². The summed E-state index contributed by atoms with van der Waals surface area (Å²) in [6, 6.07) is 0. The summed E-state index contributed by atoms with van der Waals surface area (Å²) in [5, 5.41) is -0.974. The Hall–Kier alpha value is 0.190. The molecule has 0 spiro atoms. The normalized spacial score (nSPS) is 13.4. The monoisotopic (exact) mass is 206 g/mol. The molecule has 0 saturated heterocycles. The summed E-state index contributed by atoms with van der Waals surface area (Å²) in [6.45, 7) is 1.36. The van der Waals surface area contributed by atoms with E-state index in [0.717, 1.165) is 0 Å². The molecule has 4 nitrogen and oxygen atoms in total. The smallest absolute Gasteiger partial charge is 0.228 e. The Morgan fingerprint density at radius 1 is 1.20 bits per heavy atom. The molecule has 0 aromatic heterocycles. The molecule has 0 aliphatic carbocycles. The van der Waals surface area contributed by atoms with E-state index in [0.29, 0.717) is 0 Å². The fourth-order valence-electron chi connectivity index (χ4n) is 0.298. The van der Waals surface area contributed by atoms with Crippen molar-refractivity contribution < 1.29 is 16.8 Å². The van der Waals surface area contributed by atoms with Gasteiger partial charge < -0.3 is 0 Å². The Morgan fingerprint density at radius 2 is 1.60 bits per heavy atom. The van der Waals surface area contributed by atoms with Gasteiger partial charge in [-0.15, -0.1) is 0 Å². The van der Waals surface area contributed by atoms with Crippen molar-refractivity contribution in [2.45, 2.75) is 6.92 Å². The van der Waals surface area contributed by atoms with Gasteiger partial charge in [-0.05, 0) is 0 Å². The van der Waals surface area contributed by atoms with E-state index in [1.54, 1.807) is 0 Å². The minimum Gasteiger partial charge on any atom is -0.228 e. The lowest BCUT2D eigenvalue weighted by atomic mass is 11.0. The van der Waals surface area contributed by atoms with Gasteiger partial charge in [-0.3, -0.25) is 0 Å². The predicted octanol–water partition coefficient (Wildman–Crippen LogP) is -0.0528. The second kappa shape index (κ2) is 3.06. The zero-order chi connectivity index (χ0) is 8.41. The molecule has 10 heavy (non-hydrogen) atoms. The van der Waals surface area contributed by atoms with E-state index in [1.807, 2.05) is 0 Å². The van der Waals surface area contributed by atoms with Crippen LogP contribution in [0, 0.1) is 0 Å². The van der Waals surface area contributed by atoms with Gasteiger partial charge in [0.15, 0.2) is 14.9 Å². The Balaban J connectivity index is 4.49. The second-order valence-electron chi connectivity index (χ2n) is 1.69. The van der Waals surface area contributed by atoms with Crippen LogP contribution in [0.3, 0.4) is 0 Å². The average molecular weight is 207 g/mol. The molecule has 7 heteroatoms. The maximum Gasteiger partial charge on any atom is 0.246 e. The third kappa shape index (κ3) is 5.01. The lowest BCUT2D eigenvalue weighted by Crippen LogP contribution is -2.13. The average Bonchev–Trinajstić information content (AvgIpc) is 1.60. The number of halogens is 1. The van der Waals surface area contributed by atoms with E-state index < -0.39 is 24.0 Å². The molecule has 0 radical (unpaired) electrons. The molecule has 0 fully saturated rings. The van der Waals surface area contributed by atoms with Crippen molar-refractivity contribution in [1.29, 1.82) is 0 Å². The van der Waals surface area contributed by atoms with Gasteiger partial charge in [-0.2, -0.15) is 0 Å². The topological polar surface area (TPSA) is 68.3 Å². The molecule has 0 amide bonds. The van der Waals surface area contributed by atoms with E-state index >= 15 is 0 Å². The Bertz CT molecular complexity index is 286. The maximum atomic E-state index is 10.6. The van der Waals surface area contributed by atoms with Gasteiger partial charge in [0, 0.05) is 16.4 Å². The molecule has 0 heterocycles. The molecular weight excluding hydrogens is 200 g/mol. The van der Waals surface area contributed by atoms with Crippen molar-refractivity contribution in [2.24, 2.45) is 0 Å². The highest BCUT2D eigenvalue weighted by Gasteiger charge is 2.17. The number of rotatable bonds is 3. The minimum absolute atomic E-state index is 0.209. The van der Waals surface area contributed by atoms with Crippen LogP contribution in [-0.4, -0.2) is 27.7 Å². The molecule has 62 valence electrons. The summed E-state index contributed by atoms with van der Waals surface area (Å²) in [6.07, 6.45) is 0. The highest BCUT2D eigenvalue weighted by atomic mass is 35.7. The summed E-state index contributed by atoms with van der Waals surface area (Å²) < 4.78 is 41.5. The SMILES string of the molecule is CCS(=O)(=O)CS(=O)(=O)Cl. The van der Waals surface area contributed by atoms with Crippen LogP contribution in [0.4, 0.5) is 0 Å². The number of sulfone groups is 1. The third-order valence-corrected chi connectivity index (χ3v) is 5.00. The van der Waals surface area contributed by atoms with Crippen LogP contribution in [0.15, 0.2) is 0 Å². The van der Waals surface area contributed by atoms with Gasteiger partial charge in [0.2, 0.25) is 9.05 Å². The van der Waals surface area contributed by atoms with E-state index in [9.17, 15) is 16.8 Å². The first-order valence-electron chi connectivity index (χ1n) is 2.39. The maximum absolute atomic E-state index is 10.6. The molecule has 0 atom stereocenters. The Kier molecular flexibility index (Phi) is 3.12. The Labute approximate surface area is 64.5 Å². The Morgan fingerprint density at radius 3 is 1.70 bits per heavy atom. The molecule has 0 aromatic carbocycles. The molecule has 0 unspecified atom stereocenters. The quantitative estimate of drug-likeness (QED) is 0.607. The van der Waals surface area contributed by atoms with Gasteiger partial charge >= 0.3 is 0 Å². The molecule has 0 aromatic rings. The van der Waals surface area contributed by atoms with E-state index in [4.69, 9.17) is 0 Å². The van der Waals surface area contributed by atoms with Gasteiger partial charge in [-0.25, -0.2) is 16.8 Å². The molecule has 0 aliphatic rings. The minimum atomic E-state index is -3.91. The summed E-state index contributed by atoms with van der Waals surface area (Å²) in [5.74, 6) is -0.209. The first kappa shape index (κ1) is 10.2. The van der Waals surface area contributed by atoms with Crippen molar-refractivity contribution in [2.75, 3.05) is 10.8 Å². The highest BCUT2D eigenvalue weighted by molar-refractivity contribution is 8.21. The van der Waals surface area contributed by atoms with Crippen molar-refractivity contribution in [3.8, 4) is 0 Å². The first-order chi connectivity index (χ1) is 4.27. The van der Waals surface area contributed by atoms with Crippen molar-refractivity contribution in [1.82, 2.24) is 0 Å². The third-order valence-electron chi connectivity index (χ3n) is 0.760. The summed E-state index contributed by atoms with van der Waals surface area (Å²) in [4.78, 5) is 0. The van der Waals surface area contributed by atoms with Crippen LogP contribution < -0.4 is 0 Å². The lowest BCUT2D eigenvalue weighted by Gasteiger charge is -1.94. The van der Waals surface area contributed by atoms with Gasteiger partial charge in [0.05, 0.1) is 0 Å². The molecule has 0 rings (SSSR count). The van der Waals surface area contributed by atoms with Gasteiger partial charge in [0.25, 0.3) is 0 Å². The van der Waals surface area contributed by atoms with Crippen LogP contribution in [0.5, 0.6) is 0 Å². The first-order valence-corrected chi connectivity index (χ1v) is 6.69. The van der Waals surface area contributed by atoms with Gasteiger partial charge in [0.1, 0.15) is 0 Å². The fourth-order valence-corrected chi connectivity index (χ4v) is 3.90. The zero-order valence-corrected chi connectivity index (χ0v) is 7.63. The zero-order valence-electron chi connectivity index (χ0n) is 5.24. The van der Waals surface area contributed by atoms with Crippen LogP contribution in [0.25, 0.3) is 0 Å². The lowest BCUT2D eigenvalue weighted by molar-refractivity contribution is 0.595. The van der Waals surface area contributed by atoms with Crippen LogP contribution in [0.2, 0.25) is 0 Å². The van der Waals surface area contributed by atoms with E-state index in [-0.39, 0.29) is 5.75 Å². The van der Waals surface area contributed by atoms with Gasteiger partial charge in [-0.1, -0.05) is 6.92 Å². The van der Waals surface area contributed by atoms with Crippen molar-refractivity contribution >= 4 is 29.6 Å². The summed E-state index contributed by atoms with van der Waals surface area (Å²) >= 11 is 0. The van der Waals surface area contributed by atoms with Crippen LogP contribution >= 0.6 is 10.7 Å².